The van der Waals surface area contributed by atoms with Crippen LogP contribution in [0.5, 0.6) is 0 Å². The molecular weight excluding hydrogens is 270 g/mol. The van der Waals surface area contributed by atoms with Gasteiger partial charge < -0.3 is 4.57 Å². The number of thioether (sulfide) groups is 1. The lowest BCUT2D eigenvalue weighted by Crippen LogP contribution is -1.95. The summed E-state index contributed by atoms with van der Waals surface area (Å²) >= 11 is 1.38. The molecule has 98 valence electrons. The maximum atomic E-state index is 8.63. The lowest BCUT2D eigenvalue weighted by molar-refractivity contribution is 0.795. The molecule has 0 atom stereocenters. The number of benzene rings is 1. The first kappa shape index (κ1) is 12.6. The molecule has 0 bridgehead atoms. The highest BCUT2D eigenvalue weighted by atomic mass is 32.2. The first-order chi connectivity index (χ1) is 9.79. The van der Waals surface area contributed by atoms with Crippen LogP contribution in [-0.4, -0.2) is 25.5 Å². The second kappa shape index (κ2) is 5.31. The Kier molecular flexibility index (Phi) is 3.35. The van der Waals surface area contributed by atoms with Gasteiger partial charge in [-0.1, -0.05) is 17.8 Å². The Morgan fingerprint density at radius 3 is 3.05 bits per heavy atom. The summed E-state index contributed by atoms with van der Waals surface area (Å²) in [6, 6.07) is 12.0. The number of nitrogens with zero attached hydrogens (tertiary/aromatic N) is 5. The highest BCUT2D eigenvalue weighted by Gasteiger charge is 2.11. The molecule has 0 saturated heterocycles. The predicted molar refractivity (Wildman–Crippen MR) is 78.1 cm³/mol. The van der Waals surface area contributed by atoms with Crippen molar-refractivity contribution >= 4 is 22.7 Å². The summed E-state index contributed by atoms with van der Waals surface area (Å²) in [5.74, 6) is 1.16. The highest BCUT2D eigenvalue weighted by Crippen LogP contribution is 2.24. The van der Waals surface area contributed by atoms with Crippen molar-refractivity contribution in [2.75, 3.05) is 5.75 Å². The molecule has 5 nitrogen and oxygen atoms in total. The molecule has 6 heteroatoms. The number of rotatable bonds is 3. The van der Waals surface area contributed by atoms with Crippen molar-refractivity contribution in [3.8, 4) is 17.5 Å². The van der Waals surface area contributed by atoms with Crippen molar-refractivity contribution in [2.24, 2.45) is 7.05 Å². The number of aromatic nitrogens is 4. The van der Waals surface area contributed by atoms with Gasteiger partial charge in [0, 0.05) is 24.2 Å². The zero-order valence-electron chi connectivity index (χ0n) is 10.8. The molecule has 20 heavy (non-hydrogen) atoms. The van der Waals surface area contributed by atoms with Gasteiger partial charge in [-0.2, -0.15) is 5.26 Å². The van der Waals surface area contributed by atoms with E-state index < -0.39 is 0 Å². The number of pyridine rings is 1. The molecule has 0 aliphatic carbocycles. The maximum absolute atomic E-state index is 8.63. The normalized spacial score (nSPS) is 10.6. The molecule has 0 amide bonds. The Hall–Kier alpha value is -2.39. The van der Waals surface area contributed by atoms with E-state index in [1.807, 2.05) is 41.9 Å². The van der Waals surface area contributed by atoms with Crippen LogP contribution in [-0.2, 0) is 7.05 Å². The van der Waals surface area contributed by atoms with Crippen LogP contribution in [0.2, 0.25) is 0 Å². The zero-order valence-corrected chi connectivity index (χ0v) is 11.6. The van der Waals surface area contributed by atoms with Crippen molar-refractivity contribution in [2.45, 2.75) is 5.16 Å². The Labute approximate surface area is 120 Å². The third-order valence-corrected chi connectivity index (χ3v) is 3.85. The number of fused-ring (bicyclic) bond motifs is 1. The molecule has 0 spiro atoms. The number of nitriles is 1. The van der Waals surface area contributed by atoms with E-state index >= 15 is 0 Å². The third kappa shape index (κ3) is 2.24. The molecule has 0 fully saturated rings. The van der Waals surface area contributed by atoms with E-state index in [0.717, 1.165) is 27.4 Å². The molecule has 0 N–H and O–H groups in total. The summed E-state index contributed by atoms with van der Waals surface area (Å²) in [6.07, 6.45) is 1.78. The lowest BCUT2D eigenvalue weighted by Gasteiger charge is -2.04. The van der Waals surface area contributed by atoms with Gasteiger partial charge in [0.25, 0.3) is 0 Å². The minimum atomic E-state index is 0.369. The maximum Gasteiger partial charge on any atom is 0.192 e. The molecule has 2 aromatic heterocycles. The second-order valence-electron chi connectivity index (χ2n) is 4.22. The van der Waals surface area contributed by atoms with E-state index in [-0.39, 0.29) is 0 Å². The van der Waals surface area contributed by atoms with Crippen molar-refractivity contribution in [3.05, 3.63) is 36.5 Å². The van der Waals surface area contributed by atoms with Crippen LogP contribution in [0.1, 0.15) is 0 Å². The van der Waals surface area contributed by atoms with Crippen LogP contribution >= 0.6 is 11.8 Å². The fourth-order valence-electron chi connectivity index (χ4n) is 2.00. The van der Waals surface area contributed by atoms with E-state index in [1.54, 1.807) is 6.20 Å². The molecule has 3 aromatic rings. The monoisotopic (exact) mass is 281 g/mol. The standard InChI is InChI=1S/C14H11N5S/c1-19-13(17-18-14(19)20-8-6-15)11-4-5-12-10(9-11)3-2-7-16-12/h2-5,7,9H,8H2,1H3. The smallest absolute Gasteiger partial charge is 0.192 e. The van der Waals surface area contributed by atoms with Crippen LogP contribution < -0.4 is 0 Å². The summed E-state index contributed by atoms with van der Waals surface area (Å²) in [7, 11) is 1.91. The van der Waals surface area contributed by atoms with Crippen molar-refractivity contribution in [3.63, 3.8) is 0 Å². The van der Waals surface area contributed by atoms with Gasteiger partial charge in [0.2, 0.25) is 0 Å². The molecule has 0 aliphatic rings. The van der Waals surface area contributed by atoms with Crippen molar-refractivity contribution in [1.29, 1.82) is 5.26 Å². The topological polar surface area (TPSA) is 67.4 Å². The minimum absolute atomic E-state index is 0.369. The molecule has 2 heterocycles. The highest BCUT2D eigenvalue weighted by molar-refractivity contribution is 7.99. The van der Waals surface area contributed by atoms with Gasteiger partial charge in [0.1, 0.15) is 0 Å². The van der Waals surface area contributed by atoms with E-state index in [1.165, 1.54) is 11.8 Å². The second-order valence-corrected chi connectivity index (χ2v) is 5.17. The van der Waals surface area contributed by atoms with Gasteiger partial charge in [-0.3, -0.25) is 4.98 Å². The number of hydrogen-bond acceptors (Lipinski definition) is 5. The fourth-order valence-corrected chi connectivity index (χ4v) is 2.58. The molecule has 0 unspecified atom stereocenters. The van der Waals surface area contributed by atoms with Crippen LogP contribution in [0.15, 0.2) is 41.7 Å². The molecule has 0 aliphatic heterocycles. The molecule has 0 radical (unpaired) electrons. The van der Waals surface area contributed by atoms with Crippen molar-refractivity contribution in [1.82, 2.24) is 19.7 Å². The quantitative estimate of drug-likeness (QED) is 0.690. The first-order valence-electron chi connectivity index (χ1n) is 6.04. The Morgan fingerprint density at radius 2 is 2.20 bits per heavy atom. The average Bonchev–Trinajstić information content (AvgIpc) is 2.85. The third-order valence-electron chi connectivity index (χ3n) is 2.96. The zero-order chi connectivity index (χ0) is 13.9. The van der Waals surface area contributed by atoms with E-state index in [2.05, 4.69) is 21.3 Å². The van der Waals surface area contributed by atoms with Crippen LogP contribution in [0.25, 0.3) is 22.3 Å². The number of hydrogen-bond donors (Lipinski definition) is 0. The molecular formula is C14H11N5S. The summed E-state index contributed by atoms with van der Waals surface area (Å²) in [6.45, 7) is 0. The SMILES string of the molecule is Cn1c(SCC#N)nnc1-c1ccc2ncccc2c1. The van der Waals surface area contributed by atoms with E-state index in [4.69, 9.17) is 5.26 Å². The largest absolute Gasteiger partial charge is 0.305 e. The molecule has 1 aromatic carbocycles. The van der Waals surface area contributed by atoms with Gasteiger partial charge >= 0.3 is 0 Å². The lowest BCUT2D eigenvalue weighted by atomic mass is 10.1. The Morgan fingerprint density at radius 1 is 1.30 bits per heavy atom. The Bertz CT molecular complexity index is 803. The van der Waals surface area contributed by atoms with Gasteiger partial charge in [-0.25, -0.2) is 0 Å². The summed E-state index contributed by atoms with van der Waals surface area (Å²) < 4.78 is 1.90. The predicted octanol–water partition coefficient (Wildman–Crippen LogP) is 2.65. The van der Waals surface area contributed by atoms with Gasteiger partial charge in [-0.15, -0.1) is 10.2 Å². The summed E-state index contributed by atoms with van der Waals surface area (Å²) in [4.78, 5) is 4.30. The molecule has 3 rings (SSSR count). The first-order valence-corrected chi connectivity index (χ1v) is 7.02. The van der Waals surface area contributed by atoms with Gasteiger partial charge in [0.05, 0.1) is 17.3 Å². The fraction of sp³-hybridized carbons (Fsp3) is 0.143. The van der Waals surface area contributed by atoms with Gasteiger partial charge in [0.15, 0.2) is 11.0 Å². The van der Waals surface area contributed by atoms with Crippen LogP contribution in [0, 0.1) is 11.3 Å². The summed E-state index contributed by atoms with van der Waals surface area (Å²) in [5, 5.41) is 18.8. The Balaban J connectivity index is 2.03. The minimum Gasteiger partial charge on any atom is -0.305 e. The van der Waals surface area contributed by atoms with E-state index in [0.29, 0.717) is 5.75 Å². The van der Waals surface area contributed by atoms with E-state index in [9.17, 15) is 0 Å². The molecule has 0 saturated carbocycles. The average molecular weight is 281 g/mol. The van der Waals surface area contributed by atoms with Crippen molar-refractivity contribution < 1.29 is 0 Å². The van der Waals surface area contributed by atoms with Crippen LogP contribution in [0.3, 0.4) is 0 Å². The summed E-state index contributed by atoms with van der Waals surface area (Å²) in [5.41, 5.74) is 1.95. The van der Waals surface area contributed by atoms with Gasteiger partial charge in [-0.05, 0) is 24.3 Å². The van der Waals surface area contributed by atoms with Crippen LogP contribution in [0.4, 0.5) is 0 Å².